The zero-order valence-electron chi connectivity index (χ0n) is 13.0. The standard InChI is InChI=1S/C16H30O/c1-11(15(5,6)7)13(3)17-14(4)12(2)16(8,9)10/h11-12H,3-4H2,1-2,5-10H3. The maximum absolute atomic E-state index is 5.84. The van der Waals surface area contributed by atoms with Crippen molar-refractivity contribution in [3.63, 3.8) is 0 Å². The van der Waals surface area contributed by atoms with Crippen LogP contribution in [-0.2, 0) is 4.74 Å². The first-order valence-electron chi connectivity index (χ1n) is 6.42. The second-order valence-electron chi connectivity index (χ2n) is 7.21. The van der Waals surface area contributed by atoms with E-state index in [0.717, 1.165) is 11.5 Å². The topological polar surface area (TPSA) is 9.23 Å². The van der Waals surface area contributed by atoms with Crippen molar-refractivity contribution in [2.45, 2.75) is 55.4 Å². The lowest BCUT2D eigenvalue weighted by Gasteiger charge is -2.33. The molecule has 0 fully saturated rings. The van der Waals surface area contributed by atoms with Gasteiger partial charge in [0.05, 0.1) is 11.5 Å². The average Bonchev–Trinajstić information content (AvgIpc) is 2.12. The van der Waals surface area contributed by atoms with E-state index in [0.29, 0.717) is 11.8 Å². The van der Waals surface area contributed by atoms with E-state index < -0.39 is 0 Å². The summed E-state index contributed by atoms with van der Waals surface area (Å²) in [7, 11) is 0. The molecule has 2 atom stereocenters. The van der Waals surface area contributed by atoms with E-state index in [4.69, 9.17) is 4.74 Å². The third-order valence-corrected chi connectivity index (χ3v) is 3.83. The number of ether oxygens (including phenoxy) is 1. The molecule has 0 rings (SSSR count). The highest BCUT2D eigenvalue weighted by atomic mass is 16.5. The highest BCUT2D eigenvalue weighted by Crippen LogP contribution is 2.36. The predicted octanol–water partition coefficient (Wildman–Crippen LogP) is 5.39. The molecule has 0 aromatic carbocycles. The van der Waals surface area contributed by atoms with E-state index in [2.05, 4.69) is 68.5 Å². The first-order chi connectivity index (χ1) is 7.37. The van der Waals surface area contributed by atoms with Crippen LogP contribution in [0.15, 0.2) is 24.7 Å². The number of hydrogen-bond acceptors (Lipinski definition) is 1. The van der Waals surface area contributed by atoms with Crippen molar-refractivity contribution in [3.8, 4) is 0 Å². The SMILES string of the molecule is C=C(OC(=C)C(C)C(C)(C)C)C(C)C(C)(C)C. The molecular formula is C16H30O. The summed E-state index contributed by atoms with van der Waals surface area (Å²) in [5.41, 5.74) is 0.338. The quantitative estimate of drug-likeness (QED) is 0.596. The van der Waals surface area contributed by atoms with Gasteiger partial charge in [0.2, 0.25) is 0 Å². The largest absolute Gasteiger partial charge is 0.467 e. The zero-order chi connectivity index (χ0) is 14.0. The van der Waals surface area contributed by atoms with Crippen LogP contribution in [0.1, 0.15) is 55.4 Å². The van der Waals surface area contributed by atoms with Crippen LogP contribution in [0.25, 0.3) is 0 Å². The summed E-state index contributed by atoms with van der Waals surface area (Å²) in [6, 6.07) is 0. The van der Waals surface area contributed by atoms with Crippen LogP contribution in [0, 0.1) is 22.7 Å². The van der Waals surface area contributed by atoms with Crippen LogP contribution in [0.3, 0.4) is 0 Å². The molecule has 0 saturated carbocycles. The van der Waals surface area contributed by atoms with Crippen molar-refractivity contribution in [1.82, 2.24) is 0 Å². The fraction of sp³-hybridized carbons (Fsp3) is 0.750. The van der Waals surface area contributed by atoms with Crippen LogP contribution in [0.5, 0.6) is 0 Å². The van der Waals surface area contributed by atoms with E-state index in [1.807, 2.05) is 0 Å². The molecule has 0 radical (unpaired) electrons. The molecule has 0 heterocycles. The fourth-order valence-electron chi connectivity index (χ4n) is 1.31. The molecule has 0 spiro atoms. The Morgan fingerprint density at radius 3 is 1.18 bits per heavy atom. The van der Waals surface area contributed by atoms with Crippen molar-refractivity contribution in [2.75, 3.05) is 0 Å². The third-order valence-electron chi connectivity index (χ3n) is 3.83. The molecule has 0 aromatic heterocycles. The molecule has 0 N–H and O–H groups in total. The lowest BCUT2D eigenvalue weighted by atomic mass is 9.80. The Hall–Kier alpha value is -0.720. The summed E-state index contributed by atoms with van der Waals surface area (Å²) in [5, 5.41) is 0. The van der Waals surface area contributed by atoms with Gasteiger partial charge in [-0.05, 0) is 10.8 Å². The molecule has 0 aromatic rings. The molecule has 0 bridgehead atoms. The maximum atomic E-state index is 5.84. The first-order valence-corrected chi connectivity index (χ1v) is 6.42. The monoisotopic (exact) mass is 238 g/mol. The van der Waals surface area contributed by atoms with Gasteiger partial charge in [-0.15, -0.1) is 0 Å². The highest BCUT2D eigenvalue weighted by molar-refractivity contribution is 5.03. The molecule has 0 amide bonds. The Morgan fingerprint density at radius 1 is 0.765 bits per heavy atom. The summed E-state index contributed by atoms with van der Waals surface area (Å²) in [5.74, 6) is 2.26. The van der Waals surface area contributed by atoms with Gasteiger partial charge in [-0.1, -0.05) is 68.5 Å². The molecule has 1 heteroatoms. The Labute approximate surface area is 108 Å². The van der Waals surface area contributed by atoms with Gasteiger partial charge >= 0.3 is 0 Å². The first kappa shape index (κ1) is 16.3. The van der Waals surface area contributed by atoms with Crippen LogP contribution in [0.4, 0.5) is 0 Å². The summed E-state index contributed by atoms with van der Waals surface area (Å²) in [6.45, 7) is 25.6. The third kappa shape index (κ3) is 4.97. The number of rotatable bonds is 4. The Balaban J connectivity index is 4.57. The Bertz CT molecular complexity index is 256. The predicted molar refractivity (Wildman–Crippen MR) is 76.6 cm³/mol. The minimum atomic E-state index is 0.169. The lowest BCUT2D eigenvalue weighted by Crippen LogP contribution is -2.24. The number of hydrogen-bond donors (Lipinski definition) is 0. The summed E-state index contributed by atoms with van der Waals surface area (Å²) < 4.78 is 5.84. The lowest BCUT2D eigenvalue weighted by molar-refractivity contribution is 0.140. The van der Waals surface area contributed by atoms with Crippen LogP contribution in [0.2, 0.25) is 0 Å². The normalized spacial score (nSPS) is 16.2. The smallest absolute Gasteiger partial charge is 0.0997 e. The van der Waals surface area contributed by atoms with E-state index >= 15 is 0 Å². The molecule has 0 aliphatic carbocycles. The Morgan fingerprint density at radius 2 is 1.00 bits per heavy atom. The zero-order valence-corrected chi connectivity index (χ0v) is 13.0. The highest BCUT2D eigenvalue weighted by Gasteiger charge is 2.28. The van der Waals surface area contributed by atoms with Crippen LogP contribution < -0.4 is 0 Å². The maximum Gasteiger partial charge on any atom is 0.0997 e. The van der Waals surface area contributed by atoms with Crippen molar-refractivity contribution < 1.29 is 4.74 Å². The second kappa shape index (κ2) is 5.29. The van der Waals surface area contributed by atoms with Gasteiger partial charge in [0.25, 0.3) is 0 Å². The van der Waals surface area contributed by atoms with Gasteiger partial charge in [0.15, 0.2) is 0 Å². The van der Waals surface area contributed by atoms with Gasteiger partial charge in [-0.2, -0.15) is 0 Å². The van der Waals surface area contributed by atoms with E-state index in [-0.39, 0.29) is 10.8 Å². The second-order valence-corrected chi connectivity index (χ2v) is 7.21. The van der Waals surface area contributed by atoms with Crippen molar-refractivity contribution in [3.05, 3.63) is 24.7 Å². The van der Waals surface area contributed by atoms with Gasteiger partial charge in [-0.25, -0.2) is 0 Å². The minimum Gasteiger partial charge on any atom is -0.467 e. The van der Waals surface area contributed by atoms with Crippen molar-refractivity contribution >= 4 is 0 Å². The van der Waals surface area contributed by atoms with Gasteiger partial charge in [0.1, 0.15) is 0 Å². The summed E-state index contributed by atoms with van der Waals surface area (Å²) in [6.07, 6.45) is 0. The van der Waals surface area contributed by atoms with E-state index in [1.54, 1.807) is 0 Å². The number of allylic oxidation sites excluding steroid dienone is 2. The van der Waals surface area contributed by atoms with E-state index in [9.17, 15) is 0 Å². The van der Waals surface area contributed by atoms with Crippen LogP contribution >= 0.6 is 0 Å². The average molecular weight is 238 g/mol. The Kier molecular flexibility index (Phi) is 5.06. The molecule has 0 saturated heterocycles. The molecule has 0 aliphatic rings. The minimum absolute atomic E-state index is 0.169. The summed E-state index contributed by atoms with van der Waals surface area (Å²) >= 11 is 0. The molecule has 1 nitrogen and oxygen atoms in total. The molecule has 100 valence electrons. The molecular weight excluding hydrogens is 208 g/mol. The molecule has 0 aliphatic heterocycles. The van der Waals surface area contributed by atoms with Crippen LogP contribution in [-0.4, -0.2) is 0 Å². The van der Waals surface area contributed by atoms with Crippen molar-refractivity contribution in [1.29, 1.82) is 0 Å². The molecule has 2 unspecified atom stereocenters. The van der Waals surface area contributed by atoms with E-state index in [1.165, 1.54) is 0 Å². The summed E-state index contributed by atoms with van der Waals surface area (Å²) in [4.78, 5) is 0. The van der Waals surface area contributed by atoms with Gasteiger partial charge < -0.3 is 4.74 Å². The van der Waals surface area contributed by atoms with Gasteiger partial charge in [0, 0.05) is 11.8 Å². The van der Waals surface area contributed by atoms with Gasteiger partial charge in [-0.3, -0.25) is 0 Å². The fourth-order valence-corrected chi connectivity index (χ4v) is 1.31. The van der Waals surface area contributed by atoms with Crippen molar-refractivity contribution in [2.24, 2.45) is 22.7 Å². The molecule has 17 heavy (non-hydrogen) atoms.